The molecule has 0 aliphatic carbocycles. The third-order valence-corrected chi connectivity index (χ3v) is 3.45. The molecule has 0 bridgehead atoms. The minimum atomic E-state index is -1.06. The van der Waals surface area contributed by atoms with E-state index < -0.39 is 12.0 Å². The molecule has 0 saturated heterocycles. The number of carbonyl (C=O) groups is 2. The highest BCUT2D eigenvalue weighted by molar-refractivity contribution is 5.96. The minimum absolute atomic E-state index is 0.153. The molecule has 2 rings (SSSR count). The molecule has 0 amide bonds. The van der Waals surface area contributed by atoms with Crippen molar-refractivity contribution < 1.29 is 19.1 Å². The van der Waals surface area contributed by atoms with Gasteiger partial charge in [0.15, 0.2) is 11.5 Å². The molecule has 116 valence electrons. The first-order valence-electron chi connectivity index (χ1n) is 7.11. The second-order valence-electron chi connectivity index (χ2n) is 5.23. The quantitative estimate of drug-likeness (QED) is 0.769. The van der Waals surface area contributed by atoms with Gasteiger partial charge in [-0.25, -0.2) is 0 Å². The Morgan fingerprint density at radius 3 is 2.41 bits per heavy atom. The highest BCUT2D eigenvalue weighted by atomic mass is 16.4. The van der Waals surface area contributed by atoms with Gasteiger partial charge >= 0.3 is 5.97 Å². The van der Waals surface area contributed by atoms with Crippen molar-refractivity contribution in [1.82, 2.24) is 5.32 Å². The Morgan fingerprint density at radius 1 is 1.18 bits per heavy atom. The molecular formula is C17H19NO4. The van der Waals surface area contributed by atoms with Gasteiger partial charge in [-0.05, 0) is 31.5 Å². The molecule has 1 aromatic heterocycles. The molecule has 1 heterocycles. The molecule has 1 aromatic carbocycles. The van der Waals surface area contributed by atoms with Crippen molar-refractivity contribution in [2.24, 2.45) is 0 Å². The SMILES string of the molecule is Cc1ccc(C(=O)C[C@H](N[C@@H](C)c2ccccc2)C(=O)O)o1. The standard InChI is InChI=1S/C17H19NO4/c1-11-8-9-16(22-11)15(19)10-14(17(20)21)18-12(2)13-6-4-3-5-7-13/h3-9,12,14,18H,10H2,1-2H3,(H,20,21)/t12-,14-/m0/s1. The van der Waals surface area contributed by atoms with Gasteiger partial charge in [-0.15, -0.1) is 0 Å². The first-order chi connectivity index (χ1) is 10.5. The maximum absolute atomic E-state index is 12.1. The van der Waals surface area contributed by atoms with Crippen molar-refractivity contribution in [1.29, 1.82) is 0 Å². The lowest BCUT2D eigenvalue weighted by Crippen LogP contribution is -2.39. The van der Waals surface area contributed by atoms with E-state index >= 15 is 0 Å². The summed E-state index contributed by atoms with van der Waals surface area (Å²) in [5, 5.41) is 12.3. The first-order valence-corrected chi connectivity index (χ1v) is 7.11. The topological polar surface area (TPSA) is 79.5 Å². The first kappa shape index (κ1) is 16.0. The van der Waals surface area contributed by atoms with E-state index in [9.17, 15) is 14.7 Å². The molecule has 0 saturated carbocycles. The molecule has 2 N–H and O–H groups in total. The van der Waals surface area contributed by atoms with E-state index in [1.807, 2.05) is 37.3 Å². The normalized spacial score (nSPS) is 13.5. The third-order valence-electron chi connectivity index (χ3n) is 3.45. The van der Waals surface area contributed by atoms with E-state index in [4.69, 9.17) is 4.42 Å². The molecule has 2 atom stereocenters. The number of carboxylic acids is 1. The lowest BCUT2D eigenvalue weighted by Gasteiger charge is -2.19. The van der Waals surface area contributed by atoms with Crippen LogP contribution in [0.1, 0.15) is 41.3 Å². The Kier molecular flexibility index (Phi) is 5.12. The van der Waals surface area contributed by atoms with E-state index in [1.165, 1.54) is 0 Å². The van der Waals surface area contributed by atoms with Crippen molar-refractivity contribution in [2.75, 3.05) is 0 Å². The number of carbonyl (C=O) groups excluding carboxylic acids is 1. The van der Waals surface area contributed by atoms with Crippen LogP contribution in [0.5, 0.6) is 0 Å². The predicted octanol–water partition coefficient (Wildman–Crippen LogP) is 2.96. The number of rotatable bonds is 7. The molecule has 0 fully saturated rings. The highest BCUT2D eigenvalue weighted by Gasteiger charge is 2.25. The Balaban J connectivity index is 2.04. The van der Waals surface area contributed by atoms with E-state index in [-0.39, 0.29) is 24.0 Å². The van der Waals surface area contributed by atoms with Gasteiger partial charge in [-0.1, -0.05) is 30.3 Å². The van der Waals surface area contributed by atoms with E-state index in [0.29, 0.717) is 5.76 Å². The summed E-state index contributed by atoms with van der Waals surface area (Å²) in [6.45, 7) is 3.61. The zero-order chi connectivity index (χ0) is 16.1. The number of hydrogen-bond donors (Lipinski definition) is 2. The number of aryl methyl sites for hydroxylation is 1. The number of aliphatic carboxylic acids is 1. The summed E-state index contributed by atoms with van der Waals surface area (Å²) in [5.74, 6) is -0.563. The fraction of sp³-hybridized carbons (Fsp3) is 0.294. The van der Waals surface area contributed by atoms with Crippen LogP contribution in [0.4, 0.5) is 0 Å². The van der Waals surface area contributed by atoms with E-state index in [2.05, 4.69) is 5.32 Å². The molecule has 0 spiro atoms. The summed E-state index contributed by atoms with van der Waals surface area (Å²) in [4.78, 5) is 23.5. The van der Waals surface area contributed by atoms with E-state index in [0.717, 1.165) is 5.56 Å². The number of furan rings is 1. The predicted molar refractivity (Wildman–Crippen MR) is 81.8 cm³/mol. The maximum atomic E-state index is 12.1. The van der Waals surface area contributed by atoms with Gasteiger partial charge < -0.3 is 9.52 Å². The van der Waals surface area contributed by atoms with Crippen molar-refractivity contribution in [3.8, 4) is 0 Å². The summed E-state index contributed by atoms with van der Waals surface area (Å²) in [6.07, 6.45) is -0.153. The molecular weight excluding hydrogens is 282 g/mol. The van der Waals surface area contributed by atoms with Crippen LogP contribution in [0.2, 0.25) is 0 Å². The smallest absolute Gasteiger partial charge is 0.321 e. The fourth-order valence-corrected chi connectivity index (χ4v) is 2.23. The van der Waals surface area contributed by atoms with Gasteiger partial charge in [0.25, 0.3) is 0 Å². The van der Waals surface area contributed by atoms with Crippen molar-refractivity contribution >= 4 is 11.8 Å². The molecule has 0 aliphatic heterocycles. The van der Waals surface area contributed by atoms with Crippen LogP contribution in [0.3, 0.4) is 0 Å². The maximum Gasteiger partial charge on any atom is 0.321 e. The zero-order valence-electron chi connectivity index (χ0n) is 12.6. The summed E-state index contributed by atoms with van der Waals surface area (Å²) >= 11 is 0. The van der Waals surface area contributed by atoms with Crippen molar-refractivity contribution in [2.45, 2.75) is 32.4 Å². The summed E-state index contributed by atoms with van der Waals surface area (Å²) in [6, 6.07) is 11.6. The lowest BCUT2D eigenvalue weighted by molar-refractivity contribution is -0.139. The number of carboxylic acid groups (broad SMARTS) is 1. The number of nitrogens with one attached hydrogen (secondary N) is 1. The second-order valence-corrected chi connectivity index (χ2v) is 5.23. The Hall–Kier alpha value is -2.40. The molecule has 0 radical (unpaired) electrons. The molecule has 2 aromatic rings. The minimum Gasteiger partial charge on any atom is -0.480 e. The largest absolute Gasteiger partial charge is 0.480 e. The molecule has 0 aliphatic rings. The van der Waals surface area contributed by atoms with Crippen LogP contribution < -0.4 is 5.32 Å². The van der Waals surface area contributed by atoms with Crippen LogP contribution >= 0.6 is 0 Å². The van der Waals surface area contributed by atoms with Gasteiger partial charge in [-0.3, -0.25) is 14.9 Å². The Labute approximate surface area is 129 Å². The Morgan fingerprint density at radius 2 is 1.86 bits per heavy atom. The third kappa shape index (κ3) is 4.05. The van der Waals surface area contributed by atoms with Gasteiger partial charge in [0.05, 0.1) is 0 Å². The van der Waals surface area contributed by atoms with Crippen molar-refractivity contribution in [3.05, 3.63) is 59.5 Å². The van der Waals surface area contributed by atoms with Crippen LogP contribution in [0, 0.1) is 6.92 Å². The van der Waals surface area contributed by atoms with Crippen LogP contribution in [0.25, 0.3) is 0 Å². The summed E-state index contributed by atoms with van der Waals surface area (Å²) < 4.78 is 5.25. The second kappa shape index (κ2) is 7.04. The molecule has 5 heteroatoms. The summed E-state index contributed by atoms with van der Waals surface area (Å²) in [5.41, 5.74) is 0.968. The molecule has 0 unspecified atom stereocenters. The van der Waals surface area contributed by atoms with E-state index in [1.54, 1.807) is 19.1 Å². The lowest BCUT2D eigenvalue weighted by atomic mass is 10.0. The number of ketones is 1. The Bertz CT molecular complexity index is 648. The average Bonchev–Trinajstić information content (AvgIpc) is 2.94. The monoisotopic (exact) mass is 301 g/mol. The van der Waals surface area contributed by atoms with Crippen LogP contribution in [-0.4, -0.2) is 22.9 Å². The van der Waals surface area contributed by atoms with Crippen molar-refractivity contribution in [3.63, 3.8) is 0 Å². The average molecular weight is 301 g/mol. The molecule has 5 nitrogen and oxygen atoms in total. The van der Waals surface area contributed by atoms with Crippen LogP contribution in [-0.2, 0) is 4.79 Å². The van der Waals surface area contributed by atoms with Gasteiger partial charge in [0.2, 0.25) is 0 Å². The van der Waals surface area contributed by atoms with Gasteiger partial charge in [0, 0.05) is 12.5 Å². The summed E-state index contributed by atoms with van der Waals surface area (Å²) in [7, 11) is 0. The van der Waals surface area contributed by atoms with Gasteiger partial charge in [-0.2, -0.15) is 0 Å². The van der Waals surface area contributed by atoms with Gasteiger partial charge in [0.1, 0.15) is 11.8 Å². The molecule has 22 heavy (non-hydrogen) atoms. The highest BCUT2D eigenvalue weighted by Crippen LogP contribution is 2.15. The number of Topliss-reactive ketones (excluding diaryl/α,β-unsaturated/α-hetero) is 1. The zero-order valence-corrected chi connectivity index (χ0v) is 12.6. The van der Waals surface area contributed by atoms with Crippen LogP contribution in [0.15, 0.2) is 46.9 Å². The fourth-order valence-electron chi connectivity index (χ4n) is 2.23. The number of benzene rings is 1. The number of hydrogen-bond acceptors (Lipinski definition) is 4.